The lowest BCUT2D eigenvalue weighted by atomic mass is 10.2. The zero-order chi connectivity index (χ0) is 21.7. The van der Waals surface area contributed by atoms with Crippen molar-refractivity contribution in [3.8, 4) is 6.07 Å². The van der Waals surface area contributed by atoms with Crippen LogP contribution in [0.3, 0.4) is 0 Å². The number of carbonyl (C=O) groups is 1. The third-order valence-electron chi connectivity index (χ3n) is 4.00. The molecule has 3 rings (SSSR count). The highest BCUT2D eigenvalue weighted by molar-refractivity contribution is 8.01. The Bertz CT molecular complexity index is 1180. The molecular formula is C20H18N4O3S3. The maximum atomic E-state index is 12.6. The number of carbonyl (C=O) groups excluding carboxylic acids is 1. The Kier molecular flexibility index (Phi) is 6.89. The van der Waals surface area contributed by atoms with Gasteiger partial charge in [-0.05, 0) is 55.5 Å². The van der Waals surface area contributed by atoms with Crippen molar-refractivity contribution < 1.29 is 13.2 Å². The smallest absolute Gasteiger partial charge is 0.243 e. The molecule has 0 aliphatic carbocycles. The number of likely N-dealkylation sites (N-methyl/N-ethyl adjacent to an activating group) is 1. The van der Waals surface area contributed by atoms with E-state index in [1.54, 1.807) is 23.5 Å². The van der Waals surface area contributed by atoms with Crippen LogP contribution in [0.2, 0.25) is 0 Å². The number of hydrogen-bond acceptors (Lipinski definition) is 7. The Morgan fingerprint density at radius 3 is 2.43 bits per heavy atom. The summed E-state index contributed by atoms with van der Waals surface area (Å²) in [5.41, 5.74) is 1.91. The summed E-state index contributed by atoms with van der Waals surface area (Å²) < 4.78 is 27.1. The molecule has 0 aliphatic heterocycles. The van der Waals surface area contributed by atoms with Gasteiger partial charge in [-0.15, -0.1) is 11.3 Å². The van der Waals surface area contributed by atoms with Gasteiger partial charge in [-0.3, -0.25) is 4.79 Å². The molecule has 0 saturated carbocycles. The average Bonchev–Trinajstić information content (AvgIpc) is 3.14. The molecule has 7 nitrogen and oxygen atoms in total. The van der Waals surface area contributed by atoms with Crippen molar-refractivity contribution in [3.05, 3.63) is 65.2 Å². The average molecular weight is 459 g/mol. The predicted molar refractivity (Wildman–Crippen MR) is 117 cm³/mol. The largest absolute Gasteiger partial charge is 0.325 e. The summed E-state index contributed by atoms with van der Waals surface area (Å²) in [5.74, 6) is -0.453. The first-order valence-corrected chi connectivity index (χ1v) is 11.9. The van der Waals surface area contributed by atoms with Crippen LogP contribution in [-0.4, -0.2) is 37.2 Å². The van der Waals surface area contributed by atoms with Crippen LogP contribution < -0.4 is 5.32 Å². The van der Waals surface area contributed by atoms with Crippen molar-refractivity contribution >= 4 is 44.7 Å². The lowest BCUT2D eigenvalue weighted by molar-refractivity contribution is -0.116. The van der Waals surface area contributed by atoms with E-state index >= 15 is 0 Å². The van der Waals surface area contributed by atoms with E-state index in [1.807, 2.05) is 30.5 Å². The van der Waals surface area contributed by atoms with Gasteiger partial charge in [0.05, 0.1) is 23.1 Å². The minimum absolute atomic E-state index is 0.0237. The summed E-state index contributed by atoms with van der Waals surface area (Å²) in [7, 11) is -2.50. The molecule has 1 N–H and O–H groups in total. The number of amides is 1. The van der Waals surface area contributed by atoms with Crippen LogP contribution in [0, 0.1) is 18.3 Å². The molecule has 30 heavy (non-hydrogen) atoms. The maximum absolute atomic E-state index is 12.6. The number of benzene rings is 2. The van der Waals surface area contributed by atoms with E-state index in [0.717, 1.165) is 19.2 Å². The van der Waals surface area contributed by atoms with Gasteiger partial charge in [-0.25, -0.2) is 13.4 Å². The fourth-order valence-electron chi connectivity index (χ4n) is 2.46. The van der Waals surface area contributed by atoms with Crippen molar-refractivity contribution in [1.82, 2.24) is 9.29 Å². The van der Waals surface area contributed by atoms with E-state index < -0.39 is 15.9 Å². The second-order valence-corrected chi connectivity index (χ2v) is 10.6. The fraction of sp³-hybridized carbons (Fsp3) is 0.150. The molecule has 0 bridgehead atoms. The molecule has 0 radical (unpaired) electrons. The van der Waals surface area contributed by atoms with Crippen LogP contribution in [0.15, 0.2) is 68.0 Å². The molecule has 0 fully saturated rings. The highest BCUT2D eigenvalue weighted by Gasteiger charge is 2.23. The first kappa shape index (κ1) is 22.0. The van der Waals surface area contributed by atoms with Crippen LogP contribution in [0.5, 0.6) is 0 Å². The number of sulfonamides is 1. The van der Waals surface area contributed by atoms with Gasteiger partial charge < -0.3 is 5.32 Å². The Labute approximate surface area is 183 Å². The van der Waals surface area contributed by atoms with Crippen LogP contribution in [0.25, 0.3) is 0 Å². The molecule has 0 aliphatic rings. The fourth-order valence-corrected chi connectivity index (χ4v) is 5.39. The first-order valence-electron chi connectivity index (χ1n) is 8.74. The van der Waals surface area contributed by atoms with E-state index in [0.29, 0.717) is 11.3 Å². The monoisotopic (exact) mass is 458 g/mol. The van der Waals surface area contributed by atoms with Crippen molar-refractivity contribution in [3.63, 3.8) is 0 Å². The van der Waals surface area contributed by atoms with E-state index in [-0.39, 0.29) is 11.4 Å². The van der Waals surface area contributed by atoms with Gasteiger partial charge >= 0.3 is 0 Å². The SMILES string of the molecule is Cc1csc(Sc2ccc(NC(=O)CN(C)S(=O)(=O)c3ccc(C#N)cc3)cc2)n1. The Morgan fingerprint density at radius 2 is 1.87 bits per heavy atom. The molecule has 154 valence electrons. The number of nitriles is 1. The zero-order valence-electron chi connectivity index (χ0n) is 16.2. The van der Waals surface area contributed by atoms with Crippen LogP contribution in [0.4, 0.5) is 5.69 Å². The number of thiazole rings is 1. The molecule has 2 aromatic carbocycles. The maximum Gasteiger partial charge on any atom is 0.243 e. The molecule has 1 aromatic heterocycles. The highest BCUT2D eigenvalue weighted by atomic mass is 32.2. The second kappa shape index (κ2) is 9.40. The number of nitrogens with zero attached hydrogens (tertiary/aromatic N) is 3. The molecule has 10 heteroatoms. The first-order chi connectivity index (χ1) is 14.3. The number of hydrogen-bond donors (Lipinski definition) is 1. The van der Waals surface area contributed by atoms with Gasteiger partial charge in [0.25, 0.3) is 0 Å². The molecule has 1 heterocycles. The van der Waals surface area contributed by atoms with Gasteiger partial charge in [0.2, 0.25) is 15.9 Å². The standard InChI is InChI=1S/C20H18N4O3S3/c1-14-13-28-20(22-14)29-17-7-5-16(6-8-17)23-19(25)12-24(2)30(26,27)18-9-3-15(11-21)4-10-18/h3-10,13H,12H2,1-2H3,(H,23,25). The number of aromatic nitrogens is 1. The third kappa shape index (κ3) is 5.46. The van der Waals surface area contributed by atoms with Gasteiger partial charge in [-0.1, -0.05) is 11.8 Å². The van der Waals surface area contributed by atoms with Gasteiger partial charge in [-0.2, -0.15) is 9.57 Å². The predicted octanol–water partition coefficient (Wildman–Crippen LogP) is 3.73. The molecule has 0 spiro atoms. The van der Waals surface area contributed by atoms with Crippen LogP contribution >= 0.6 is 23.1 Å². The van der Waals surface area contributed by atoms with E-state index in [2.05, 4.69) is 10.3 Å². The topological polar surface area (TPSA) is 103 Å². The molecule has 0 unspecified atom stereocenters. The molecule has 1 amide bonds. The summed E-state index contributed by atoms with van der Waals surface area (Å²) in [6, 6.07) is 14.7. The van der Waals surface area contributed by atoms with E-state index in [1.165, 1.54) is 43.1 Å². The zero-order valence-corrected chi connectivity index (χ0v) is 18.6. The summed E-state index contributed by atoms with van der Waals surface area (Å²) in [5, 5.41) is 13.5. The van der Waals surface area contributed by atoms with Crippen molar-refractivity contribution in [1.29, 1.82) is 5.26 Å². The van der Waals surface area contributed by atoms with Crippen LogP contribution in [-0.2, 0) is 14.8 Å². The lowest BCUT2D eigenvalue weighted by Crippen LogP contribution is -2.34. The molecule has 3 aromatic rings. The van der Waals surface area contributed by atoms with Gasteiger partial charge in [0, 0.05) is 28.7 Å². The second-order valence-electron chi connectivity index (χ2n) is 6.33. The molecule has 0 saturated heterocycles. The normalized spacial score (nSPS) is 11.3. The van der Waals surface area contributed by atoms with Gasteiger partial charge in [0.1, 0.15) is 0 Å². The summed E-state index contributed by atoms with van der Waals surface area (Å²) in [6.07, 6.45) is 0. The highest BCUT2D eigenvalue weighted by Crippen LogP contribution is 2.30. The van der Waals surface area contributed by atoms with E-state index in [4.69, 9.17) is 5.26 Å². The Morgan fingerprint density at radius 1 is 1.20 bits per heavy atom. The summed E-state index contributed by atoms with van der Waals surface area (Å²) >= 11 is 3.11. The Balaban J connectivity index is 1.59. The Hall–Kier alpha value is -2.71. The van der Waals surface area contributed by atoms with Crippen molar-refractivity contribution in [2.45, 2.75) is 21.1 Å². The van der Waals surface area contributed by atoms with Crippen LogP contribution in [0.1, 0.15) is 11.3 Å². The summed E-state index contributed by atoms with van der Waals surface area (Å²) in [6.45, 7) is 1.61. The third-order valence-corrected chi connectivity index (χ3v) is 7.88. The van der Waals surface area contributed by atoms with E-state index in [9.17, 15) is 13.2 Å². The minimum atomic E-state index is -3.84. The number of aryl methyl sites for hydroxylation is 1. The number of rotatable bonds is 7. The number of anilines is 1. The lowest BCUT2D eigenvalue weighted by Gasteiger charge is -2.17. The molecule has 0 atom stereocenters. The van der Waals surface area contributed by atoms with Crippen molar-refractivity contribution in [2.24, 2.45) is 0 Å². The minimum Gasteiger partial charge on any atom is -0.325 e. The quantitative estimate of drug-likeness (QED) is 0.579. The molecular weight excluding hydrogens is 440 g/mol. The van der Waals surface area contributed by atoms with Gasteiger partial charge in [0.15, 0.2) is 4.34 Å². The number of nitrogens with one attached hydrogen (secondary N) is 1. The van der Waals surface area contributed by atoms with Crippen molar-refractivity contribution in [2.75, 3.05) is 18.9 Å². The summed E-state index contributed by atoms with van der Waals surface area (Å²) in [4.78, 5) is 17.7.